The van der Waals surface area contributed by atoms with Gasteiger partial charge in [0.25, 0.3) is 5.91 Å². The third-order valence-corrected chi connectivity index (χ3v) is 4.31. The summed E-state index contributed by atoms with van der Waals surface area (Å²) in [5, 5.41) is 12.1. The van der Waals surface area contributed by atoms with Crippen LogP contribution in [0.2, 0.25) is 0 Å². The zero-order valence-electron chi connectivity index (χ0n) is 15.1. The predicted molar refractivity (Wildman–Crippen MR) is 105 cm³/mol. The number of rotatable bonds is 5. The third-order valence-electron chi connectivity index (χ3n) is 4.31. The fraction of sp³-hybridized carbons (Fsp3) is 0.238. The third kappa shape index (κ3) is 4.66. The zero-order chi connectivity index (χ0) is 19.1. The lowest BCUT2D eigenvalue weighted by molar-refractivity contribution is -0.112. The molecule has 1 N–H and O–H groups in total. The van der Waals surface area contributed by atoms with Gasteiger partial charge in [0.15, 0.2) is 0 Å². The van der Waals surface area contributed by atoms with Crippen molar-refractivity contribution in [1.29, 1.82) is 5.26 Å². The number of morpholine rings is 1. The van der Waals surface area contributed by atoms with E-state index >= 15 is 0 Å². The predicted octanol–water partition coefficient (Wildman–Crippen LogP) is 3.08. The molecular formula is C21H21N3O3. The molecule has 2 aromatic rings. The lowest BCUT2D eigenvalue weighted by Crippen LogP contribution is -2.36. The minimum Gasteiger partial charge on any atom is -0.496 e. The Morgan fingerprint density at radius 3 is 2.56 bits per heavy atom. The van der Waals surface area contributed by atoms with E-state index in [1.54, 1.807) is 19.2 Å². The summed E-state index contributed by atoms with van der Waals surface area (Å²) in [7, 11) is 1.55. The number of hydrogen-bond acceptors (Lipinski definition) is 5. The first kappa shape index (κ1) is 18.5. The molecule has 1 heterocycles. The molecule has 0 aromatic heterocycles. The average molecular weight is 363 g/mol. The van der Waals surface area contributed by atoms with Crippen molar-refractivity contribution in [2.45, 2.75) is 0 Å². The van der Waals surface area contributed by atoms with Gasteiger partial charge < -0.3 is 19.7 Å². The molecule has 6 nitrogen and oxygen atoms in total. The Labute approximate surface area is 158 Å². The highest BCUT2D eigenvalue weighted by Crippen LogP contribution is 2.22. The van der Waals surface area contributed by atoms with Crippen LogP contribution in [-0.2, 0) is 9.53 Å². The molecule has 0 bridgehead atoms. The number of anilines is 2. The Balaban J connectivity index is 1.71. The first-order chi connectivity index (χ1) is 13.2. The Hall–Kier alpha value is -3.30. The molecule has 1 saturated heterocycles. The smallest absolute Gasteiger partial charge is 0.266 e. The first-order valence-electron chi connectivity index (χ1n) is 8.70. The zero-order valence-corrected chi connectivity index (χ0v) is 15.1. The van der Waals surface area contributed by atoms with Crippen molar-refractivity contribution in [1.82, 2.24) is 0 Å². The molecule has 27 heavy (non-hydrogen) atoms. The number of nitrogens with one attached hydrogen (secondary N) is 1. The average Bonchev–Trinajstić information content (AvgIpc) is 2.73. The van der Waals surface area contributed by atoms with E-state index in [0.29, 0.717) is 17.0 Å². The molecule has 138 valence electrons. The van der Waals surface area contributed by atoms with Crippen molar-refractivity contribution < 1.29 is 14.3 Å². The van der Waals surface area contributed by atoms with Crippen LogP contribution >= 0.6 is 0 Å². The number of para-hydroxylation sites is 1. The van der Waals surface area contributed by atoms with Gasteiger partial charge in [-0.1, -0.05) is 18.2 Å². The molecule has 0 spiro atoms. The maximum atomic E-state index is 12.5. The number of hydrogen-bond donors (Lipinski definition) is 1. The van der Waals surface area contributed by atoms with E-state index in [0.717, 1.165) is 32.0 Å². The second-order valence-electron chi connectivity index (χ2n) is 6.01. The quantitative estimate of drug-likeness (QED) is 0.653. The minimum atomic E-state index is -0.456. The largest absolute Gasteiger partial charge is 0.496 e. The van der Waals surface area contributed by atoms with Gasteiger partial charge in [0.2, 0.25) is 0 Å². The normalized spacial score (nSPS) is 14.4. The number of nitriles is 1. The second kappa shape index (κ2) is 8.88. The summed E-state index contributed by atoms with van der Waals surface area (Å²) in [4.78, 5) is 14.7. The van der Waals surface area contributed by atoms with E-state index in [-0.39, 0.29) is 5.57 Å². The summed E-state index contributed by atoms with van der Waals surface area (Å²) in [6, 6.07) is 16.8. The van der Waals surface area contributed by atoms with Gasteiger partial charge >= 0.3 is 0 Å². The fourth-order valence-electron chi connectivity index (χ4n) is 2.87. The highest BCUT2D eigenvalue weighted by atomic mass is 16.5. The van der Waals surface area contributed by atoms with Crippen LogP contribution in [0.25, 0.3) is 6.08 Å². The van der Waals surface area contributed by atoms with Crippen LogP contribution in [-0.4, -0.2) is 39.3 Å². The van der Waals surface area contributed by atoms with E-state index in [2.05, 4.69) is 10.2 Å². The van der Waals surface area contributed by atoms with Crippen LogP contribution in [0, 0.1) is 11.3 Å². The molecule has 1 aliphatic rings. The molecule has 3 rings (SSSR count). The maximum Gasteiger partial charge on any atom is 0.266 e. The lowest BCUT2D eigenvalue weighted by atomic mass is 10.1. The molecule has 0 unspecified atom stereocenters. The Bertz CT molecular complexity index is 863. The first-order valence-corrected chi connectivity index (χ1v) is 8.70. The van der Waals surface area contributed by atoms with Crippen LogP contribution in [0.3, 0.4) is 0 Å². The van der Waals surface area contributed by atoms with Crippen LogP contribution in [0.5, 0.6) is 5.75 Å². The number of nitrogens with zero attached hydrogens (tertiary/aromatic N) is 2. The molecule has 2 aromatic carbocycles. The maximum absolute atomic E-state index is 12.5. The molecule has 0 radical (unpaired) electrons. The van der Waals surface area contributed by atoms with Crippen LogP contribution in [0.15, 0.2) is 54.1 Å². The second-order valence-corrected chi connectivity index (χ2v) is 6.01. The summed E-state index contributed by atoms with van der Waals surface area (Å²) < 4.78 is 10.6. The van der Waals surface area contributed by atoms with Crippen LogP contribution in [0.1, 0.15) is 5.56 Å². The van der Waals surface area contributed by atoms with Crippen molar-refractivity contribution in [2.24, 2.45) is 0 Å². The van der Waals surface area contributed by atoms with E-state index in [1.807, 2.05) is 42.5 Å². The highest BCUT2D eigenvalue weighted by molar-refractivity contribution is 6.09. The topological polar surface area (TPSA) is 74.6 Å². The summed E-state index contributed by atoms with van der Waals surface area (Å²) in [5.74, 6) is 0.149. The Kier molecular flexibility index (Phi) is 6.08. The summed E-state index contributed by atoms with van der Waals surface area (Å²) in [6.45, 7) is 3.15. The van der Waals surface area contributed by atoms with E-state index in [1.165, 1.54) is 6.08 Å². The number of amides is 1. The van der Waals surface area contributed by atoms with Gasteiger partial charge in [-0.25, -0.2) is 0 Å². The standard InChI is InChI=1S/C21H21N3O3/c1-26-20-5-3-2-4-16(20)14-17(15-22)21(25)23-18-6-8-19(9-7-18)24-10-12-27-13-11-24/h2-9,14H,10-13H2,1H3,(H,23,25)/b17-14+. The SMILES string of the molecule is COc1ccccc1/C=C(\C#N)C(=O)Nc1ccc(N2CCOCC2)cc1. The van der Waals surface area contributed by atoms with Crippen molar-refractivity contribution in [3.05, 3.63) is 59.7 Å². The lowest BCUT2D eigenvalue weighted by Gasteiger charge is -2.28. The summed E-state index contributed by atoms with van der Waals surface area (Å²) >= 11 is 0. The number of carbonyl (C=O) groups excluding carboxylic acids is 1. The number of benzene rings is 2. The molecule has 6 heteroatoms. The van der Waals surface area contributed by atoms with Gasteiger partial charge in [0.05, 0.1) is 20.3 Å². The molecule has 1 fully saturated rings. The van der Waals surface area contributed by atoms with Gasteiger partial charge in [-0.2, -0.15) is 5.26 Å². The van der Waals surface area contributed by atoms with Crippen molar-refractivity contribution in [3.63, 3.8) is 0 Å². The highest BCUT2D eigenvalue weighted by Gasteiger charge is 2.13. The number of carbonyl (C=O) groups is 1. The van der Waals surface area contributed by atoms with E-state index < -0.39 is 5.91 Å². The van der Waals surface area contributed by atoms with Crippen LogP contribution in [0.4, 0.5) is 11.4 Å². The monoisotopic (exact) mass is 363 g/mol. The number of methoxy groups -OCH3 is 1. The van der Waals surface area contributed by atoms with Gasteiger partial charge in [0.1, 0.15) is 17.4 Å². The molecule has 0 aliphatic carbocycles. The molecule has 0 atom stereocenters. The van der Waals surface area contributed by atoms with Gasteiger partial charge in [-0.3, -0.25) is 4.79 Å². The molecule has 0 saturated carbocycles. The van der Waals surface area contributed by atoms with Crippen molar-refractivity contribution in [2.75, 3.05) is 43.6 Å². The summed E-state index contributed by atoms with van der Waals surface area (Å²) in [6.07, 6.45) is 1.52. The molecule has 1 aliphatic heterocycles. The molecular weight excluding hydrogens is 342 g/mol. The molecule has 1 amide bonds. The summed E-state index contributed by atoms with van der Waals surface area (Å²) in [5.41, 5.74) is 2.41. The van der Waals surface area contributed by atoms with Crippen molar-refractivity contribution >= 4 is 23.4 Å². The number of ether oxygens (including phenoxy) is 2. The van der Waals surface area contributed by atoms with Crippen molar-refractivity contribution in [3.8, 4) is 11.8 Å². The Morgan fingerprint density at radius 2 is 1.89 bits per heavy atom. The van der Waals surface area contributed by atoms with Crippen LogP contribution < -0.4 is 15.0 Å². The minimum absolute atomic E-state index is 0.0109. The van der Waals surface area contributed by atoms with Gasteiger partial charge in [0, 0.05) is 30.0 Å². The van der Waals surface area contributed by atoms with Gasteiger partial charge in [-0.05, 0) is 36.4 Å². The van der Waals surface area contributed by atoms with Gasteiger partial charge in [-0.15, -0.1) is 0 Å². The Morgan fingerprint density at radius 1 is 1.19 bits per heavy atom. The van der Waals surface area contributed by atoms with E-state index in [4.69, 9.17) is 9.47 Å². The fourth-order valence-corrected chi connectivity index (χ4v) is 2.87. The van der Waals surface area contributed by atoms with E-state index in [9.17, 15) is 10.1 Å².